The van der Waals surface area contributed by atoms with Gasteiger partial charge in [0.05, 0.1) is 6.61 Å². The lowest BCUT2D eigenvalue weighted by Crippen LogP contribution is -2.11. The Kier molecular flexibility index (Phi) is 4.94. The summed E-state index contributed by atoms with van der Waals surface area (Å²) in [5.74, 6) is -0.269. The van der Waals surface area contributed by atoms with Crippen molar-refractivity contribution < 1.29 is 14.6 Å². The molecule has 0 aliphatic heterocycles. The van der Waals surface area contributed by atoms with Gasteiger partial charge in [0.2, 0.25) is 0 Å². The Morgan fingerprint density at radius 1 is 1.44 bits per heavy atom. The fourth-order valence-corrected chi connectivity index (χ4v) is 1.19. The molecule has 0 spiro atoms. The summed E-state index contributed by atoms with van der Waals surface area (Å²) >= 11 is 0. The molecule has 0 aliphatic carbocycles. The van der Waals surface area contributed by atoms with Crippen molar-refractivity contribution in [2.45, 2.75) is 13.8 Å². The van der Waals surface area contributed by atoms with Gasteiger partial charge < -0.3 is 9.84 Å². The van der Waals surface area contributed by atoms with Gasteiger partial charge >= 0.3 is 5.97 Å². The molecule has 0 saturated carbocycles. The first kappa shape index (κ1) is 13.8. The minimum atomic E-state index is -0.626. The van der Waals surface area contributed by atoms with Gasteiger partial charge in [0.1, 0.15) is 17.4 Å². The van der Waals surface area contributed by atoms with Crippen LogP contribution in [0, 0.1) is 17.2 Å². The highest BCUT2D eigenvalue weighted by molar-refractivity contribution is 5.97. The molecule has 0 atom stereocenters. The van der Waals surface area contributed by atoms with Crippen LogP contribution in [-0.2, 0) is 9.53 Å². The fourth-order valence-electron chi connectivity index (χ4n) is 1.19. The minimum absolute atomic E-state index is 0.0543. The highest BCUT2D eigenvalue weighted by atomic mass is 16.5. The van der Waals surface area contributed by atoms with Crippen LogP contribution in [0.1, 0.15) is 19.4 Å². The van der Waals surface area contributed by atoms with Gasteiger partial charge in [0, 0.05) is 0 Å². The van der Waals surface area contributed by atoms with E-state index >= 15 is 0 Å². The second-order valence-electron chi connectivity index (χ2n) is 4.25. The summed E-state index contributed by atoms with van der Waals surface area (Å²) in [6.07, 6.45) is 1.43. The molecule has 0 aromatic heterocycles. The molecule has 0 bridgehead atoms. The SMILES string of the molecule is CC(C)COC(=O)C(C#N)=Cc1ccc(O)cc1. The molecule has 0 amide bonds. The highest BCUT2D eigenvalue weighted by Gasteiger charge is 2.11. The van der Waals surface area contributed by atoms with Gasteiger partial charge in [-0.3, -0.25) is 0 Å². The van der Waals surface area contributed by atoms with Crippen molar-refractivity contribution in [3.8, 4) is 11.8 Å². The number of phenols is 1. The highest BCUT2D eigenvalue weighted by Crippen LogP contribution is 2.13. The quantitative estimate of drug-likeness (QED) is 0.502. The lowest BCUT2D eigenvalue weighted by molar-refractivity contribution is -0.139. The first-order chi connectivity index (χ1) is 8.52. The van der Waals surface area contributed by atoms with E-state index in [1.807, 2.05) is 19.9 Å². The van der Waals surface area contributed by atoms with Crippen molar-refractivity contribution in [2.24, 2.45) is 5.92 Å². The van der Waals surface area contributed by atoms with Crippen LogP contribution in [0.3, 0.4) is 0 Å². The van der Waals surface area contributed by atoms with E-state index in [0.717, 1.165) is 0 Å². The maximum absolute atomic E-state index is 11.6. The van der Waals surface area contributed by atoms with Gasteiger partial charge in [0.25, 0.3) is 0 Å². The zero-order chi connectivity index (χ0) is 13.5. The number of esters is 1. The van der Waals surface area contributed by atoms with E-state index in [1.54, 1.807) is 12.1 Å². The third kappa shape index (κ3) is 4.30. The molecule has 4 heteroatoms. The fraction of sp³-hybridized carbons (Fsp3) is 0.286. The van der Waals surface area contributed by atoms with Crippen LogP contribution in [0.15, 0.2) is 29.8 Å². The Bertz CT molecular complexity index is 481. The van der Waals surface area contributed by atoms with Gasteiger partial charge in [0.15, 0.2) is 0 Å². The van der Waals surface area contributed by atoms with Crippen molar-refractivity contribution >= 4 is 12.0 Å². The van der Waals surface area contributed by atoms with Gasteiger partial charge in [-0.25, -0.2) is 4.79 Å². The van der Waals surface area contributed by atoms with Crippen LogP contribution >= 0.6 is 0 Å². The molecule has 1 aromatic carbocycles. The second kappa shape index (κ2) is 6.45. The van der Waals surface area contributed by atoms with Gasteiger partial charge in [-0.1, -0.05) is 26.0 Å². The molecule has 1 rings (SSSR count). The Balaban J connectivity index is 2.80. The average Bonchev–Trinajstić information content (AvgIpc) is 2.35. The zero-order valence-corrected chi connectivity index (χ0v) is 10.4. The lowest BCUT2D eigenvalue weighted by atomic mass is 10.1. The number of aromatic hydroxyl groups is 1. The molecular weight excluding hydrogens is 230 g/mol. The molecule has 0 aliphatic rings. The van der Waals surface area contributed by atoms with E-state index in [2.05, 4.69) is 0 Å². The number of rotatable bonds is 4. The number of nitriles is 1. The van der Waals surface area contributed by atoms with Gasteiger partial charge in [-0.05, 0) is 29.7 Å². The van der Waals surface area contributed by atoms with E-state index in [9.17, 15) is 4.79 Å². The molecule has 1 aromatic rings. The molecule has 18 heavy (non-hydrogen) atoms. The summed E-state index contributed by atoms with van der Waals surface area (Å²) in [6.45, 7) is 4.12. The average molecular weight is 245 g/mol. The zero-order valence-electron chi connectivity index (χ0n) is 10.4. The predicted octanol–water partition coefficient (Wildman–Crippen LogP) is 2.50. The van der Waals surface area contributed by atoms with Crippen LogP contribution < -0.4 is 0 Å². The first-order valence-corrected chi connectivity index (χ1v) is 5.61. The maximum Gasteiger partial charge on any atom is 0.348 e. The van der Waals surface area contributed by atoms with Crippen molar-refractivity contribution in [2.75, 3.05) is 6.61 Å². The van der Waals surface area contributed by atoms with Crippen LogP contribution in [0.25, 0.3) is 6.08 Å². The van der Waals surface area contributed by atoms with E-state index in [-0.39, 0.29) is 23.8 Å². The topological polar surface area (TPSA) is 70.3 Å². The van der Waals surface area contributed by atoms with E-state index in [4.69, 9.17) is 15.1 Å². The molecule has 1 N–H and O–H groups in total. The molecular formula is C14H15NO3. The number of hydrogen-bond donors (Lipinski definition) is 1. The van der Waals surface area contributed by atoms with Crippen molar-refractivity contribution in [1.82, 2.24) is 0 Å². The Morgan fingerprint density at radius 2 is 2.06 bits per heavy atom. The molecule has 0 unspecified atom stereocenters. The Morgan fingerprint density at radius 3 is 2.56 bits per heavy atom. The van der Waals surface area contributed by atoms with E-state index < -0.39 is 5.97 Å². The number of phenolic OH excluding ortho intramolecular Hbond substituents is 1. The third-order valence-corrected chi connectivity index (χ3v) is 2.09. The second-order valence-corrected chi connectivity index (χ2v) is 4.25. The number of carbonyl (C=O) groups is 1. The number of benzene rings is 1. The number of ether oxygens (including phenoxy) is 1. The van der Waals surface area contributed by atoms with E-state index in [1.165, 1.54) is 18.2 Å². The largest absolute Gasteiger partial charge is 0.508 e. The molecule has 0 heterocycles. The molecule has 0 saturated heterocycles. The summed E-state index contributed by atoms with van der Waals surface area (Å²) < 4.78 is 4.97. The summed E-state index contributed by atoms with van der Waals surface area (Å²) in [5, 5.41) is 18.0. The van der Waals surface area contributed by atoms with Gasteiger partial charge in [-0.2, -0.15) is 5.26 Å². The third-order valence-electron chi connectivity index (χ3n) is 2.09. The summed E-state index contributed by atoms with van der Waals surface area (Å²) in [4.78, 5) is 11.6. The minimum Gasteiger partial charge on any atom is -0.508 e. The molecule has 0 fully saturated rings. The molecule has 4 nitrogen and oxygen atoms in total. The van der Waals surface area contributed by atoms with Crippen molar-refractivity contribution in [3.05, 3.63) is 35.4 Å². The summed E-state index contributed by atoms with van der Waals surface area (Å²) in [7, 11) is 0. The number of carbonyl (C=O) groups excluding carboxylic acids is 1. The number of hydrogen-bond acceptors (Lipinski definition) is 4. The van der Waals surface area contributed by atoms with Crippen LogP contribution in [-0.4, -0.2) is 17.7 Å². The standard InChI is InChI=1S/C14H15NO3/c1-10(2)9-18-14(17)12(8-15)7-11-3-5-13(16)6-4-11/h3-7,10,16H,9H2,1-2H3. The smallest absolute Gasteiger partial charge is 0.348 e. The van der Waals surface area contributed by atoms with Crippen molar-refractivity contribution in [3.63, 3.8) is 0 Å². The van der Waals surface area contributed by atoms with Crippen LogP contribution in [0.2, 0.25) is 0 Å². The summed E-state index contributed by atoms with van der Waals surface area (Å²) in [5.41, 5.74) is 0.604. The predicted molar refractivity (Wildman–Crippen MR) is 67.5 cm³/mol. The first-order valence-electron chi connectivity index (χ1n) is 5.61. The molecule has 0 radical (unpaired) electrons. The monoisotopic (exact) mass is 245 g/mol. The normalized spacial score (nSPS) is 11.1. The van der Waals surface area contributed by atoms with E-state index in [0.29, 0.717) is 5.56 Å². The van der Waals surface area contributed by atoms with Gasteiger partial charge in [-0.15, -0.1) is 0 Å². The van der Waals surface area contributed by atoms with Crippen LogP contribution in [0.5, 0.6) is 5.75 Å². The van der Waals surface area contributed by atoms with Crippen molar-refractivity contribution in [1.29, 1.82) is 5.26 Å². The van der Waals surface area contributed by atoms with Crippen LogP contribution in [0.4, 0.5) is 0 Å². The Labute approximate surface area is 106 Å². The Hall–Kier alpha value is -2.28. The lowest BCUT2D eigenvalue weighted by Gasteiger charge is -2.06. The number of nitrogens with zero attached hydrogens (tertiary/aromatic N) is 1. The summed E-state index contributed by atoms with van der Waals surface area (Å²) in [6, 6.07) is 8.01. The molecule has 94 valence electrons. The maximum atomic E-state index is 11.6.